The Balaban J connectivity index is 1.27. The van der Waals surface area contributed by atoms with Crippen LogP contribution in [0.1, 0.15) is 137 Å². The number of alkyl halides is 13. The van der Waals surface area contributed by atoms with Gasteiger partial charge in [-0.3, -0.25) is 4.79 Å². The van der Waals surface area contributed by atoms with Crippen LogP contribution >= 0.6 is 0 Å². The molecule has 9 atom stereocenters. The van der Waals surface area contributed by atoms with Crippen molar-refractivity contribution in [3.63, 3.8) is 0 Å². The van der Waals surface area contributed by atoms with Gasteiger partial charge in [0.05, 0.1) is 0 Å². The van der Waals surface area contributed by atoms with Crippen LogP contribution in [0, 0.1) is 52.3 Å². The van der Waals surface area contributed by atoms with Crippen LogP contribution in [-0.2, 0) is 9.53 Å². The minimum Gasteiger partial charge on any atom is -0.462 e. The molecule has 9 unspecified atom stereocenters. The SMILES string of the molecule is CC(C)CCCC(C)C1CCC2C3CCC4CC(OC(=O)CCCCC(F)(F)C(F)(F)C(F)(F)C(F)(F)C(F)(F)C(F)(F)F)CCC4(C)C3CCC12C. The van der Waals surface area contributed by atoms with Crippen molar-refractivity contribution in [2.45, 2.75) is 179 Å². The van der Waals surface area contributed by atoms with Crippen LogP contribution in [0.15, 0.2) is 0 Å². The zero-order chi connectivity index (χ0) is 40.2. The average molecular weight is 791 g/mol. The molecule has 0 saturated heterocycles. The molecule has 0 spiro atoms. The maximum Gasteiger partial charge on any atom is 0.460 e. The number of halogens is 13. The molecule has 0 bridgehead atoms. The van der Waals surface area contributed by atoms with Crippen LogP contribution in [0.5, 0.6) is 0 Å². The fourth-order valence-corrected chi connectivity index (χ4v) is 11.2. The van der Waals surface area contributed by atoms with Gasteiger partial charge in [0.2, 0.25) is 0 Å². The Kier molecular flexibility index (Phi) is 12.7. The number of hydrogen-bond donors (Lipinski definition) is 0. The molecule has 0 amide bonds. The topological polar surface area (TPSA) is 26.3 Å². The second kappa shape index (κ2) is 15.1. The molecule has 0 aromatic rings. The number of ether oxygens (including phenoxy) is 1. The van der Waals surface area contributed by atoms with E-state index in [0.717, 1.165) is 31.6 Å². The number of fused-ring (bicyclic) bond motifs is 5. The van der Waals surface area contributed by atoms with Gasteiger partial charge >= 0.3 is 41.8 Å². The average Bonchev–Trinajstić information content (AvgIpc) is 3.39. The Bertz CT molecular complexity index is 1270. The maximum absolute atomic E-state index is 14.1. The molecule has 0 aromatic carbocycles. The number of carbonyl (C=O) groups excluding carboxylic acids is 1. The van der Waals surface area contributed by atoms with Gasteiger partial charge < -0.3 is 4.74 Å². The van der Waals surface area contributed by atoms with Gasteiger partial charge in [-0.2, -0.15) is 57.1 Å². The van der Waals surface area contributed by atoms with Gasteiger partial charge in [-0.1, -0.05) is 53.9 Å². The van der Waals surface area contributed by atoms with Crippen LogP contribution in [0.4, 0.5) is 57.1 Å². The van der Waals surface area contributed by atoms with Gasteiger partial charge in [0.15, 0.2) is 0 Å². The first-order valence-electron chi connectivity index (χ1n) is 19.2. The van der Waals surface area contributed by atoms with Crippen LogP contribution in [0.3, 0.4) is 0 Å². The van der Waals surface area contributed by atoms with Gasteiger partial charge in [-0.05, 0) is 123 Å². The quantitative estimate of drug-likeness (QED) is 0.0938. The summed E-state index contributed by atoms with van der Waals surface area (Å²) < 4.78 is 179. The highest BCUT2D eigenvalue weighted by atomic mass is 19.4. The fourth-order valence-electron chi connectivity index (χ4n) is 11.2. The van der Waals surface area contributed by atoms with Crippen molar-refractivity contribution in [1.29, 1.82) is 0 Å². The lowest BCUT2D eigenvalue weighted by Crippen LogP contribution is -2.70. The molecule has 4 aliphatic rings. The van der Waals surface area contributed by atoms with Crippen LogP contribution in [0.25, 0.3) is 0 Å². The summed E-state index contributed by atoms with van der Waals surface area (Å²) >= 11 is 0. The van der Waals surface area contributed by atoms with E-state index in [1.54, 1.807) is 0 Å². The molecule has 4 fully saturated rings. The molecule has 4 saturated carbocycles. The highest BCUT2D eigenvalue weighted by Crippen LogP contribution is 2.69. The molecule has 53 heavy (non-hydrogen) atoms. The Morgan fingerprint density at radius 2 is 1.25 bits per heavy atom. The third-order valence-corrected chi connectivity index (χ3v) is 14.2. The fraction of sp³-hybridized carbons (Fsp3) is 0.974. The van der Waals surface area contributed by atoms with Crippen molar-refractivity contribution in [3.05, 3.63) is 0 Å². The monoisotopic (exact) mass is 790 g/mol. The minimum absolute atomic E-state index is 0.0634. The zero-order valence-electron chi connectivity index (χ0n) is 31.2. The molecule has 0 N–H and O–H groups in total. The van der Waals surface area contributed by atoms with Crippen molar-refractivity contribution < 1.29 is 66.6 Å². The molecule has 0 radical (unpaired) electrons. The van der Waals surface area contributed by atoms with E-state index in [9.17, 15) is 61.9 Å². The number of unbranched alkanes of at least 4 members (excludes halogenated alkanes) is 1. The van der Waals surface area contributed by atoms with E-state index in [1.165, 1.54) is 38.5 Å². The van der Waals surface area contributed by atoms with E-state index in [0.29, 0.717) is 47.8 Å². The van der Waals surface area contributed by atoms with E-state index in [-0.39, 0.29) is 11.3 Å². The maximum atomic E-state index is 14.1. The number of esters is 1. The molecule has 0 aliphatic heterocycles. The predicted molar refractivity (Wildman–Crippen MR) is 172 cm³/mol. The summed E-state index contributed by atoms with van der Waals surface area (Å²) in [4.78, 5) is 12.6. The van der Waals surface area contributed by atoms with E-state index < -0.39 is 73.5 Å². The molecule has 0 heterocycles. The van der Waals surface area contributed by atoms with Crippen molar-refractivity contribution in [1.82, 2.24) is 0 Å². The van der Waals surface area contributed by atoms with Gasteiger partial charge in [-0.25, -0.2) is 0 Å². The first kappa shape index (κ1) is 44.3. The smallest absolute Gasteiger partial charge is 0.460 e. The van der Waals surface area contributed by atoms with Crippen LogP contribution in [-0.4, -0.2) is 47.9 Å². The third kappa shape index (κ3) is 7.81. The number of hydrogen-bond acceptors (Lipinski definition) is 2. The first-order chi connectivity index (χ1) is 24.1. The third-order valence-electron chi connectivity index (χ3n) is 14.2. The van der Waals surface area contributed by atoms with Crippen LogP contribution < -0.4 is 0 Å². The van der Waals surface area contributed by atoms with E-state index in [1.807, 2.05) is 0 Å². The lowest BCUT2D eigenvalue weighted by atomic mass is 9.44. The number of carbonyl (C=O) groups is 1. The van der Waals surface area contributed by atoms with Gasteiger partial charge in [0.25, 0.3) is 0 Å². The summed E-state index contributed by atoms with van der Waals surface area (Å²) in [7, 11) is 0. The Morgan fingerprint density at radius 3 is 1.85 bits per heavy atom. The molecular formula is C38H55F13O2. The summed E-state index contributed by atoms with van der Waals surface area (Å²) in [5.41, 5.74) is 0.399. The van der Waals surface area contributed by atoms with Gasteiger partial charge in [0.1, 0.15) is 6.10 Å². The summed E-state index contributed by atoms with van der Waals surface area (Å²) in [6.45, 7) is 11.8. The van der Waals surface area contributed by atoms with Crippen LogP contribution in [0.2, 0.25) is 0 Å². The first-order valence-corrected chi connectivity index (χ1v) is 19.2. The summed E-state index contributed by atoms with van der Waals surface area (Å²) in [6.07, 6.45) is 0.121. The Labute approximate surface area is 304 Å². The number of rotatable bonds is 15. The minimum atomic E-state index is -7.91. The van der Waals surface area contributed by atoms with Crippen molar-refractivity contribution >= 4 is 5.97 Å². The lowest BCUT2D eigenvalue weighted by molar-refractivity contribution is -0.440. The van der Waals surface area contributed by atoms with E-state index in [4.69, 9.17) is 4.74 Å². The van der Waals surface area contributed by atoms with E-state index >= 15 is 0 Å². The highest BCUT2D eigenvalue weighted by Gasteiger charge is 2.90. The Hall–Kier alpha value is -1.44. The Morgan fingerprint density at radius 1 is 0.660 bits per heavy atom. The summed E-state index contributed by atoms with van der Waals surface area (Å²) in [5.74, 6) is -33.4. The lowest BCUT2D eigenvalue weighted by Gasteiger charge is -2.61. The summed E-state index contributed by atoms with van der Waals surface area (Å²) in [5, 5.41) is 0. The molecular weight excluding hydrogens is 735 g/mol. The molecule has 310 valence electrons. The van der Waals surface area contributed by atoms with Crippen molar-refractivity contribution in [2.24, 2.45) is 52.3 Å². The largest absolute Gasteiger partial charge is 0.462 e. The van der Waals surface area contributed by atoms with Gasteiger partial charge in [0, 0.05) is 12.8 Å². The summed E-state index contributed by atoms with van der Waals surface area (Å²) in [6, 6.07) is 0. The molecule has 0 aromatic heterocycles. The molecule has 4 rings (SSSR count). The second-order valence-electron chi connectivity index (χ2n) is 17.8. The molecule has 4 aliphatic carbocycles. The van der Waals surface area contributed by atoms with Crippen molar-refractivity contribution in [3.8, 4) is 0 Å². The van der Waals surface area contributed by atoms with Gasteiger partial charge in [-0.15, -0.1) is 0 Å². The predicted octanol–water partition coefficient (Wildman–Crippen LogP) is 13.3. The van der Waals surface area contributed by atoms with Crippen molar-refractivity contribution in [2.75, 3.05) is 0 Å². The zero-order valence-corrected chi connectivity index (χ0v) is 31.2. The standard InChI is InChI=1S/C38H55F13O2/c1-22(2)9-8-10-23(3)27-14-15-28-26-13-12-24-21-25(16-19-31(24,4)29(26)17-20-32(27,28)5)53-30(52)11-6-7-18-33(39,40)34(41,42)35(43,44)36(45,46)37(47,48)38(49,50)51/h22-29H,6-21H2,1-5H3. The molecule has 2 nitrogen and oxygen atoms in total. The molecule has 15 heteroatoms. The van der Waals surface area contributed by atoms with E-state index in [2.05, 4.69) is 34.6 Å². The highest BCUT2D eigenvalue weighted by molar-refractivity contribution is 5.69. The second-order valence-corrected chi connectivity index (χ2v) is 17.8. The normalized spacial score (nSPS) is 33.6.